The van der Waals surface area contributed by atoms with Crippen molar-refractivity contribution in [2.45, 2.75) is 13.0 Å². The summed E-state index contributed by atoms with van der Waals surface area (Å²) in [6.07, 6.45) is 0.787. The number of carbonyl (C=O) groups is 1. The van der Waals surface area contributed by atoms with Gasteiger partial charge in [-0.05, 0) is 41.8 Å². The second-order valence-corrected chi connectivity index (χ2v) is 5.75. The number of carbonyl (C=O) groups excluding carboxylic acids is 1. The molecule has 0 aliphatic heterocycles. The molecule has 0 unspecified atom stereocenters. The molecule has 0 heterocycles. The van der Waals surface area contributed by atoms with E-state index in [4.69, 9.17) is 4.74 Å². The van der Waals surface area contributed by atoms with Gasteiger partial charge in [0.25, 0.3) is 0 Å². The summed E-state index contributed by atoms with van der Waals surface area (Å²) < 4.78 is 6.14. The van der Waals surface area contributed by atoms with Crippen LogP contribution in [-0.4, -0.2) is 19.7 Å². The third-order valence-corrected chi connectivity index (χ3v) is 3.75. The Bertz CT molecular complexity index is 597. The first kappa shape index (κ1) is 16.4. The highest BCUT2D eigenvalue weighted by Crippen LogP contribution is 2.11. The summed E-state index contributed by atoms with van der Waals surface area (Å²) in [5.74, 6) is 0.837. The highest BCUT2D eigenvalue weighted by atomic mass is 79.9. The van der Waals surface area contributed by atoms with Gasteiger partial charge in [0.05, 0.1) is 7.11 Å². The molecule has 2 N–H and O–H groups in total. The molecule has 2 aromatic rings. The molecule has 0 saturated heterocycles. The SMILES string of the molecule is COc1ccc(CCNC(=O)NCc2ccc(Br)cc2)cc1. The molecule has 0 aromatic heterocycles. The van der Waals surface area contributed by atoms with E-state index in [-0.39, 0.29) is 6.03 Å². The van der Waals surface area contributed by atoms with Crippen LogP contribution in [0.4, 0.5) is 4.79 Å². The third-order valence-electron chi connectivity index (χ3n) is 3.22. The lowest BCUT2D eigenvalue weighted by atomic mass is 10.1. The van der Waals surface area contributed by atoms with Crippen molar-refractivity contribution < 1.29 is 9.53 Å². The van der Waals surface area contributed by atoms with E-state index in [1.807, 2.05) is 48.5 Å². The zero-order valence-electron chi connectivity index (χ0n) is 12.4. The van der Waals surface area contributed by atoms with Crippen LogP contribution in [0.3, 0.4) is 0 Å². The van der Waals surface area contributed by atoms with E-state index in [9.17, 15) is 4.79 Å². The highest BCUT2D eigenvalue weighted by Gasteiger charge is 2.01. The maximum absolute atomic E-state index is 11.7. The van der Waals surface area contributed by atoms with Crippen molar-refractivity contribution in [1.29, 1.82) is 0 Å². The number of rotatable bonds is 6. The Kier molecular flexibility index (Phi) is 6.27. The van der Waals surface area contributed by atoms with Gasteiger partial charge >= 0.3 is 6.03 Å². The van der Waals surface area contributed by atoms with Gasteiger partial charge in [-0.25, -0.2) is 4.79 Å². The molecule has 0 spiro atoms. The molecule has 0 fully saturated rings. The second-order valence-electron chi connectivity index (χ2n) is 4.83. The van der Waals surface area contributed by atoms with Crippen LogP contribution in [0.25, 0.3) is 0 Å². The van der Waals surface area contributed by atoms with Crippen molar-refractivity contribution in [2.24, 2.45) is 0 Å². The van der Waals surface area contributed by atoms with Gasteiger partial charge in [0, 0.05) is 17.6 Å². The Labute approximate surface area is 139 Å². The average Bonchev–Trinajstić information content (AvgIpc) is 2.55. The second kappa shape index (κ2) is 8.44. The van der Waals surface area contributed by atoms with Crippen LogP contribution in [-0.2, 0) is 13.0 Å². The molecular weight excluding hydrogens is 344 g/mol. The predicted octanol–water partition coefficient (Wildman–Crippen LogP) is 3.50. The van der Waals surface area contributed by atoms with Gasteiger partial charge in [0.1, 0.15) is 5.75 Å². The summed E-state index contributed by atoms with van der Waals surface area (Å²) in [5, 5.41) is 5.69. The number of ether oxygens (including phenoxy) is 1. The molecule has 5 heteroatoms. The monoisotopic (exact) mass is 362 g/mol. The lowest BCUT2D eigenvalue weighted by Gasteiger charge is -2.08. The largest absolute Gasteiger partial charge is 0.497 e. The molecule has 2 rings (SSSR count). The lowest BCUT2D eigenvalue weighted by Crippen LogP contribution is -2.36. The van der Waals surface area contributed by atoms with Crippen LogP contribution in [0.15, 0.2) is 53.0 Å². The van der Waals surface area contributed by atoms with E-state index in [1.165, 1.54) is 0 Å². The lowest BCUT2D eigenvalue weighted by molar-refractivity contribution is 0.240. The Morgan fingerprint density at radius 2 is 1.64 bits per heavy atom. The number of urea groups is 1. The van der Waals surface area contributed by atoms with Crippen molar-refractivity contribution in [2.75, 3.05) is 13.7 Å². The number of nitrogens with one attached hydrogen (secondary N) is 2. The van der Waals surface area contributed by atoms with Gasteiger partial charge in [-0.1, -0.05) is 40.2 Å². The first-order valence-corrected chi connectivity index (χ1v) is 7.86. The first-order valence-electron chi connectivity index (χ1n) is 7.06. The van der Waals surface area contributed by atoms with Crippen molar-refractivity contribution in [1.82, 2.24) is 10.6 Å². The van der Waals surface area contributed by atoms with Gasteiger partial charge in [0.15, 0.2) is 0 Å². The molecule has 0 atom stereocenters. The Balaban J connectivity index is 1.67. The zero-order chi connectivity index (χ0) is 15.8. The fraction of sp³-hybridized carbons (Fsp3) is 0.235. The first-order chi connectivity index (χ1) is 10.7. The van der Waals surface area contributed by atoms with Crippen molar-refractivity contribution in [3.8, 4) is 5.75 Å². The fourth-order valence-corrected chi connectivity index (χ4v) is 2.22. The van der Waals surface area contributed by atoms with E-state index < -0.39 is 0 Å². The molecule has 0 aliphatic rings. The minimum absolute atomic E-state index is 0.156. The molecule has 4 nitrogen and oxygen atoms in total. The number of hydrogen-bond acceptors (Lipinski definition) is 2. The van der Waals surface area contributed by atoms with Crippen LogP contribution >= 0.6 is 15.9 Å². The Morgan fingerprint density at radius 3 is 2.27 bits per heavy atom. The van der Waals surface area contributed by atoms with Gasteiger partial charge in [-0.15, -0.1) is 0 Å². The standard InChI is InChI=1S/C17H19BrN2O2/c1-22-16-8-4-13(5-9-16)10-11-19-17(21)20-12-14-2-6-15(18)7-3-14/h2-9H,10-12H2,1H3,(H2,19,20,21). The molecule has 0 saturated carbocycles. The van der Waals surface area contributed by atoms with Gasteiger partial charge in [-0.3, -0.25) is 0 Å². The van der Waals surface area contributed by atoms with E-state index >= 15 is 0 Å². The van der Waals surface area contributed by atoms with Crippen LogP contribution in [0.2, 0.25) is 0 Å². The summed E-state index contributed by atoms with van der Waals surface area (Å²) in [6.45, 7) is 1.11. The number of halogens is 1. The van der Waals surface area contributed by atoms with Crippen molar-refractivity contribution in [3.05, 3.63) is 64.1 Å². The van der Waals surface area contributed by atoms with Crippen molar-refractivity contribution >= 4 is 22.0 Å². The molecule has 0 radical (unpaired) electrons. The molecule has 0 aliphatic carbocycles. The van der Waals surface area contributed by atoms with Gasteiger partial charge < -0.3 is 15.4 Å². The number of hydrogen-bond donors (Lipinski definition) is 2. The number of benzene rings is 2. The zero-order valence-corrected chi connectivity index (χ0v) is 14.0. The van der Waals surface area contributed by atoms with Crippen molar-refractivity contribution in [3.63, 3.8) is 0 Å². The van der Waals surface area contributed by atoms with Crippen LogP contribution in [0.5, 0.6) is 5.75 Å². The highest BCUT2D eigenvalue weighted by molar-refractivity contribution is 9.10. The normalized spacial score (nSPS) is 10.1. The molecule has 2 amide bonds. The Hall–Kier alpha value is -2.01. The van der Waals surface area contributed by atoms with E-state index in [1.54, 1.807) is 7.11 Å². The number of methoxy groups -OCH3 is 1. The Morgan fingerprint density at radius 1 is 1.00 bits per heavy atom. The summed E-state index contributed by atoms with van der Waals surface area (Å²) in [5.41, 5.74) is 2.22. The van der Waals surface area contributed by atoms with Gasteiger partial charge in [0.2, 0.25) is 0 Å². The smallest absolute Gasteiger partial charge is 0.315 e. The van der Waals surface area contributed by atoms with Crippen LogP contribution in [0, 0.1) is 0 Å². The van der Waals surface area contributed by atoms with Gasteiger partial charge in [-0.2, -0.15) is 0 Å². The molecule has 0 bridgehead atoms. The molecule has 22 heavy (non-hydrogen) atoms. The van der Waals surface area contributed by atoms with E-state index in [2.05, 4.69) is 26.6 Å². The predicted molar refractivity (Wildman–Crippen MR) is 91.1 cm³/mol. The maximum Gasteiger partial charge on any atom is 0.315 e. The quantitative estimate of drug-likeness (QED) is 0.826. The van der Waals surface area contributed by atoms with Crippen LogP contribution < -0.4 is 15.4 Å². The fourth-order valence-electron chi connectivity index (χ4n) is 1.96. The van der Waals surface area contributed by atoms with E-state index in [0.29, 0.717) is 13.1 Å². The number of amides is 2. The minimum Gasteiger partial charge on any atom is -0.497 e. The molecule has 2 aromatic carbocycles. The summed E-state index contributed by atoms with van der Waals surface area (Å²) in [6, 6.07) is 15.5. The average molecular weight is 363 g/mol. The molecular formula is C17H19BrN2O2. The summed E-state index contributed by atoms with van der Waals surface area (Å²) >= 11 is 3.38. The minimum atomic E-state index is -0.156. The van der Waals surface area contributed by atoms with Crippen LogP contribution in [0.1, 0.15) is 11.1 Å². The summed E-state index contributed by atoms with van der Waals surface area (Å²) in [7, 11) is 1.65. The maximum atomic E-state index is 11.7. The van der Waals surface area contributed by atoms with E-state index in [0.717, 1.165) is 27.8 Å². The molecule has 116 valence electrons. The topological polar surface area (TPSA) is 50.4 Å². The summed E-state index contributed by atoms with van der Waals surface area (Å²) in [4.78, 5) is 11.7. The third kappa shape index (κ3) is 5.41.